The highest BCUT2D eigenvalue weighted by Gasteiger charge is 2.23. The molecule has 20 heavy (non-hydrogen) atoms. The summed E-state index contributed by atoms with van der Waals surface area (Å²) in [7, 11) is 0. The van der Waals surface area contributed by atoms with Crippen molar-refractivity contribution < 1.29 is 9.90 Å². The van der Waals surface area contributed by atoms with E-state index in [1.165, 1.54) is 0 Å². The molecule has 2 N–H and O–H groups in total. The molecule has 1 aromatic carbocycles. The second-order valence-corrected chi connectivity index (χ2v) is 5.59. The predicted octanol–water partition coefficient (Wildman–Crippen LogP) is 3.31. The van der Waals surface area contributed by atoms with E-state index < -0.39 is 5.97 Å². The van der Waals surface area contributed by atoms with Crippen LogP contribution in [0.1, 0.15) is 31.4 Å². The Morgan fingerprint density at radius 1 is 1.35 bits per heavy atom. The number of aliphatic carboxylic acids is 1. The molecule has 2 atom stereocenters. The number of carboxylic acids is 1. The van der Waals surface area contributed by atoms with Crippen molar-refractivity contribution >= 4 is 5.97 Å². The Labute approximate surface area is 120 Å². The summed E-state index contributed by atoms with van der Waals surface area (Å²) < 4.78 is 0. The van der Waals surface area contributed by atoms with Crippen molar-refractivity contribution in [3.63, 3.8) is 0 Å². The lowest BCUT2D eigenvalue weighted by molar-refractivity contribution is -0.137. The van der Waals surface area contributed by atoms with E-state index in [1.54, 1.807) is 0 Å². The highest BCUT2D eigenvalue weighted by atomic mass is 16.4. The fraction of sp³-hybridized carbons (Fsp3) is 0.353. The van der Waals surface area contributed by atoms with Gasteiger partial charge in [-0.25, -0.2) is 0 Å². The molecule has 0 saturated heterocycles. The molecule has 0 aliphatic heterocycles. The van der Waals surface area contributed by atoms with Gasteiger partial charge >= 0.3 is 5.97 Å². The van der Waals surface area contributed by atoms with Crippen LogP contribution >= 0.6 is 0 Å². The molecule has 2 rings (SSSR count). The lowest BCUT2D eigenvalue weighted by Crippen LogP contribution is -2.34. The van der Waals surface area contributed by atoms with Crippen molar-refractivity contribution in [1.82, 2.24) is 5.32 Å². The van der Waals surface area contributed by atoms with Crippen LogP contribution in [0, 0.1) is 5.41 Å². The van der Waals surface area contributed by atoms with Crippen molar-refractivity contribution in [3.8, 4) is 0 Å². The Morgan fingerprint density at radius 3 is 2.70 bits per heavy atom. The van der Waals surface area contributed by atoms with Crippen molar-refractivity contribution in [1.29, 1.82) is 0 Å². The number of hydrogen-bond donors (Lipinski definition) is 2. The van der Waals surface area contributed by atoms with Gasteiger partial charge in [-0.05, 0) is 12.0 Å². The van der Waals surface area contributed by atoms with E-state index in [1.807, 2.05) is 36.4 Å². The van der Waals surface area contributed by atoms with E-state index in [2.05, 4.69) is 30.5 Å². The number of rotatable bonds is 6. The third-order valence-corrected chi connectivity index (χ3v) is 3.66. The molecule has 0 heterocycles. The monoisotopic (exact) mass is 271 g/mol. The van der Waals surface area contributed by atoms with Crippen LogP contribution in [0.3, 0.4) is 0 Å². The number of allylic oxidation sites excluding steroid dienone is 3. The van der Waals surface area contributed by atoms with Gasteiger partial charge in [0.1, 0.15) is 0 Å². The summed E-state index contributed by atoms with van der Waals surface area (Å²) >= 11 is 0. The molecule has 1 aliphatic carbocycles. The average Bonchev–Trinajstić information content (AvgIpc) is 2.45. The van der Waals surface area contributed by atoms with Crippen molar-refractivity contribution in [2.75, 3.05) is 6.54 Å². The maximum absolute atomic E-state index is 11.0. The molecular weight excluding hydrogens is 250 g/mol. The van der Waals surface area contributed by atoms with Crippen LogP contribution in [0.4, 0.5) is 0 Å². The fourth-order valence-corrected chi connectivity index (χ4v) is 2.43. The van der Waals surface area contributed by atoms with E-state index >= 15 is 0 Å². The van der Waals surface area contributed by atoms with E-state index in [9.17, 15) is 4.79 Å². The molecule has 1 aliphatic rings. The first-order chi connectivity index (χ1) is 9.59. The standard InChI is InChI=1S/C17H21NO2/c1-17(10-6-3-7-11-17)13-18-15(12-16(19)20)14-8-4-2-5-9-14/h2-10,15,18H,11-13H2,1H3,(H,19,20)/t15-,17-/m1/s1. The summed E-state index contributed by atoms with van der Waals surface area (Å²) in [5.74, 6) is -0.782. The van der Waals surface area contributed by atoms with Gasteiger partial charge < -0.3 is 10.4 Å². The third kappa shape index (κ3) is 4.07. The summed E-state index contributed by atoms with van der Waals surface area (Å²) in [5, 5.41) is 12.5. The SMILES string of the molecule is C[C@@]1(CN[C@H](CC(=O)O)c2ccccc2)C=CC=CC1. The first-order valence-electron chi connectivity index (χ1n) is 6.94. The first kappa shape index (κ1) is 14.5. The lowest BCUT2D eigenvalue weighted by atomic mass is 9.83. The van der Waals surface area contributed by atoms with Gasteiger partial charge in [0.15, 0.2) is 0 Å². The van der Waals surface area contributed by atoms with Crippen molar-refractivity contribution in [3.05, 3.63) is 60.2 Å². The molecule has 0 spiro atoms. The number of benzene rings is 1. The summed E-state index contributed by atoms with van der Waals surface area (Å²) in [6.45, 7) is 2.95. The van der Waals surface area contributed by atoms with E-state index in [-0.39, 0.29) is 17.9 Å². The van der Waals surface area contributed by atoms with E-state index in [0.717, 1.165) is 18.5 Å². The molecule has 0 bridgehead atoms. The smallest absolute Gasteiger partial charge is 0.305 e. The molecule has 0 radical (unpaired) electrons. The van der Waals surface area contributed by atoms with E-state index in [4.69, 9.17) is 5.11 Å². The zero-order valence-electron chi connectivity index (χ0n) is 11.8. The van der Waals surface area contributed by atoms with Gasteiger partial charge in [0.25, 0.3) is 0 Å². The van der Waals surface area contributed by atoms with Crippen LogP contribution < -0.4 is 5.32 Å². The largest absolute Gasteiger partial charge is 0.481 e. The minimum Gasteiger partial charge on any atom is -0.481 e. The topological polar surface area (TPSA) is 49.3 Å². The zero-order chi connectivity index (χ0) is 14.4. The molecule has 0 amide bonds. The number of nitrogens with one attached hydrogen (secondary N) is 1. The number of carboxylic acid groups (broad SMARTS) is 1. The Bertz CT molecular complexity index is 507. The van der Waals surface area contributed by atoms with Crippen LogP contribution in [-0.4, -0.2) is 17.6 Å². The summed E-state index contributed by atoms with van der Waals surface area (Å²) in [4.78, 5) is 11.0. The van der Waals surface area contributed by atoms with Crippen LogP contribution in [0.15, 0.2) is 54.6 Å². The van der Waals surface area contributed by atoms with Crippen molar-refractivity contribution in [2.24, 2.45) is 5.41 Å². The maximum Gasteiger partial charge on any atom is 0.305 e. The number of carbonyl (C=O) groups is 1. The van der Waals surface area contributed by atoms with Crippen molar-refractivity contribution in [2.45, 2.75) is 25.8 Å². The highest BCUT2D eigenvalue weighted by Crippen LogP contribution is 2.27. The minimum absolute atomic E-state index is 0.0558. The quantitative estimate of drug-likeness (QED) is 0.834. The maximum atomic E-state index is 11.0. The molecule has 1 aromatic rings. The number of hydrogen-bond acceptors (Lipinski definition) is 2. The normalized spacial score (nSPS) is 22.6. The Hall–Kier alpha value is -1.87. The van der Waals surface area contributed by atoms with Crippen LogP contribution in [0.2, 0.25) is 0 Å². The predicted molar refractivity (Wildman–Crippen MR) is 80.4 cm³/mol. The van der Waals surface area contributed by atoms with Crippen LogP contribution in [-0.2, 0) is 4.79 Å². The lowest BCUT2D eigenvalue weighted by Gasteiger charge is -2.29. The zero-order valence-corrected chi connectivity index (χ0v) is 11.8. The van der Waals surface area contributed by atoms with Gasteiger partial charge in [-0.2, -0.15) is 0 Å². The molecule has 0 saturated carbocycles. The molecule has 0 aromatic heterocycles. The van der Waals surface area contributed by atoms with Gasteiger partial charge in [0.2, 0.25) is 0 Å². The minimum atomic E-state index is -0.782. The molecule has 3 heteroatoms. The average molecular weight is 271 g/mol. The summed E-state index contributed by atoms with van der Waals surface area (Å²) in [6, 6.07) is 9.62. The second kappa shape index (κ2) is 6.53. The highest BCUT2D eigenvalue weighted by molar-refractivity contribution is 5.67. The second-order valence-electron chi connectivity index (χ2n) is 5.59. The van der Waals surface area contributed by atoms with E-state index in [0.29, 0.717) is 0 Å². The molecule has 0 fully saturated rings. The molecule has 106 valence electrons. The molecule has 0 unspecified atom stereocenters. The Balaban J connectivity index is 2.03. The van der Waals surface area contributed by atoms with Gasteiger partial charge in [0.05, 0.1) is 6.42 Å². The third-order valence-electron chi connectivity index (χ3n) is 3.66. The summed E-state index contributed by atoms with van der Waals surface area (Å²) in [6.07, 6.45) is 9.51. The van der Waals surface area contributed by atoms with Gasteiger partial charge in [-0.15, -0.1) is 0 Å². The molecule has 3 nitrogen and oxygen atoms in total. The Morgan fingerprint density at radius 2 is 2.10 bits per heavy atom. The van der Waals surface area contributed by atoms with Gasteiger partial charge in [0, 0.05) is 18.0 Å². The van der Waals surface area contributed by atoms with Crippen LogP contribution in [0.25, 0.3) is 0 Å². The summed E-state index contributed by atoms with van der Waals surface area (Å²) in [5.41, 5.74) is 1.08. The van der Waals surface area contributed by atoms with Gasteiger partial charge in [-0.3, -0.25) is 4.79 Å². The van der Waals surface area contributed by atoms with Gasteiger partial charge in [-0.1, -0.05) is 61.6 Å². The fourth-order valence-electron chi connectivity index (χ4n) is 2.43. The Kier molecular flexibility index (Phi) is 4.74. The first-order valence-corrected chi connectivity index (χ1v) is 6.94. The van der Waals surface area contributed by atoms with Crippen LogP contribution in [0.5, 0.6) is 0 Å². The molecular formula is C17H21NO2.